The average molecular weight is 495 g/mol. The van der Waals surface area contributed by atoms with Crippen LogP contribution in [0.15, 0.2) is 40.8 Å². The first-order chi connectivity index (χ1) is 15.5. The average Bonchev–Trinajstić information content (AvgIpc) is 3.53. The Morgan fingerprint density at radius 1 is 1.15 bits per heavy atom. The third-order valence-electron chi connectivity index (χ3n) is 5.53. The second-order valence-electron chi connectivity index (χ2n) is 7.93. The van der Waals surface area contributed by atoms with E-state index in [1.165, 1.54) is 44.3 Å². The van der Waals surface area contributed by atoms with E-state index in [9.17, 15) is 26.0 Å². The van der Waals surface area contributed by atoms with Gasteiger partial charge in [-0.05, 0) is 61.6 Å². The molecule has 1 amide bonds. The van der Waals surface area contributed by atoms with Crippen molar-refractivity contribution in [2.45, 2.75) is 25.7 Å². The first-order valence-corrected chi connectivity index (χ1v) is 13.7. The van der Waals surface area contributed by atoms with Crippen LogP contribution in [0.4, 0.5) is 10.1 Å². The molecule has 3 aromatic rings. The maximum absolute atomic E-state index is 13.5. The molecule has 0 atom stereocenters. The highest BCUT2D eigenvalue weighted by molar-refractivity contribution is 8.09. The van der Waals surface area contributed by atoms with E-state index in [0.29, 0.717) is 20.2 Å². The van der Waals surface area contributed by atoms with Crippen LogP contribution in [0.5, 0.6) is 0 Å². The van der Waals surface area contributed by atoms with E-state index in [4.69, 9.17) is 4.42 Å². The Morgan fingerprint density at radius 2 is 1.79 bits per heavy atom. The van der Waals surface area contributed by atoms with Crippen LogP contribution < -0.4 is 9.03 Å². The minimum Gasteiger partial charge on any atom is -0.455 e. The van der Waals surface area contributed by atoms with Gasteiger partial charge in [0.15, 0.2) is 0 Å². The van der Waals surface area contributed by atoms with Crippen LogP contribution in [0.1, 0.15) is 41.6 Å². The molecular formula is C22H23FN2O6S2. The Morgan fingerprint density at radius 3 is 2.30 bits per heavy atom. The van der Waals surface area contributed by atoms with Crippen molar-refractivity contribution in [1.29, 1.82) is 0 Å². The van der Waals surface area contributed by atoms with Crippen LogP contribution in [0.2, 0.25) is 0 Å². The second-order valence-corrected chi connectivity index (χ2v) is 12.1. The largest absolute Gasteiger partial charge is 0.455 e. The van der Waals surface area contributed by atoms with E-state index in [0.717, 1.165) is 19.1 Å². The summed E-state index contributed by atoms with van der Waals surface area (Å²) in [5, 5.41) is 2.98. The minimum absolute atomic E-state index is 0.00258. The topological polar surface area (TPSA) is 114 Å². The zero-order chi connectivity index (χ0) is 24.1. The standard InChI is InChI=1S/C22H23FN2O6S2/c1-4-33(29,30)25(32(3,27)28)18-12-19-17(11-16(18)13-5-6-13)20(22(26)24-2)21(31-19)14-7-9-15(23)10-8-14/h7-13H,4-6H2,1-3H3,(H,24,26). The number of furan rings is 1. The molecule has 1 aromatic heterocycles. The van der Waals surface area contributed by atoms with Gasteiger partial charge in [0, 0.05) is 24.1 Å². The molecule has 1 saturated carbocycles. The van der Waals surface area contributed by atoms with Crippen molar-refractivity contribution in [3.8, 4) is 11.3 Å². The lowest BCUT2D eigenvalue weighted by atomic mass is 10.0. The number of amides is 1. The minimum atomic E-state index is -4.18. The molecule has 1 aliphatic rings. The van der Waals surface area contributed by atoms with Gasteiger partial charge in [-0.15, -0.1) is 0 Å². The van der Waals surface area contributed by atoms with Crippen molar-refractivity contribution >= 4 is 42.6 Å². The lowest BCUT2D eigenvalue weighted by molar-refractivity contribution is 0.0964. The van der Waals surface area contributed by atoms with Gasteiger partial charge in [0.25, 0.3) is 5.91 Å². The van der Waals surface area contributed by atoms with Crippen molar-refractivity contribution in [3.05, 3.63) is 53.3 Å². The molecule has 8 nitrogen and oxygen atoms in total. The second kappa shape index (κ2) is 8.14. The van der Waals surface area contributed by atoms with Crippen molar-refractivity contribution in [1.82, 2.24) is 5.32 Å². The molecule has 1 heterocycles. The highest BCUT2D eigenvalue weighted by Gasteiger charge is 2.37. The lowest BCUT2D eigenvalue weighted by Crippen LogP contribution is -2.37. The van der Waals surface area contributed by atoms with Crippen molar-refractivity contribution in [2.75, 3.05) is 22.8 Å². The van der Waals surface area contributed by atoms with Crippen LogP contribution in [0, 0.1) is 5.82 Å². The zero-order valence-corrected chi connectivity index (χ0v) is 19.9. The number of hydrogen-bond acceptors (Lipinski definition) is 6. The summed E-state index contributed by atoms with van der Waals surface area (Å²) >= 11 is 0. The van der Waals surface area contributed by atoms with Gasteiger partial charge in [-0.2, -0.15) is 3.71 Å². The third kappa shape index (κ3) is 4.22. The Kier molecular flexibility index (Phi) is 5.73. The number of rotatable bonds is 7. The third-order valence-corrected chi connectivity index (χ3v) is 9.25. The van der Waals surface area contributed by atoms with Crippen molar-refractivity contribution in [3.63, 3.8) is 0 Å². The van der Waals surface area contributed by atoms with E-state index in [-0.39, 0.29) is 28.5 Å². The summed E-state index contributed by atoms with van der Waals surface area (Å²) in [4.78, 5) is 12.8. The molecule has 0 radical (unpaired) electrons. The molecule has 0 bridgehead atoms. The number of carbonyl (C=O) groups excluding carboxylic acids is 1. The van der Waals surface area contributed by atoms with E-state index >= 15 is 0 Å². The van der Waals surface area contributed by atoms with Crippen molar-refractivity contribution < 1.29 is 30.4 Å². The summed E-state index contributed by atoms with van der Waals surface area (Å²) in [6.07, 6.45) is 2.36. The van der Waals surface area contributed by atoms with E-state index in [1.54, 1.807) is 6.07 Å². The highest BCUT2D eigenvalue weighted by Crippen LogP contribution is 2.48. The van der Waals surface area contributed by atoms with E-state index in [2.05, 4.69) is 5.32 Å². The van der Waals surface area contributed by atoms with Gasteiger partial charge in [0.1, 0.15) is 17.2 Å². The highest BCUT2D eigenvalue weighted by atomic mass is 32.3. The molecule has 11 heteroatoms. The van der Waals surface area contributed by atoms with Gasteiger partial charge in [-0.25, -0.2) is 21.2 Å². The van der Waals surface area contributed by atoms with Gasteiger partial charge in [0.2, 0.25) is 20.0 Å². The molecule has 2 aromatic carbocycles. The summed E-state index contributed by atoms with van der Waals surface area (Å²) in [7, 11) is -6.89. The number of hydrogen-bond donors (Lipinski definition) is 1. The molecule has 0 spiro atoms. The zero-order valence-electron chi connectivity index (χ0n) is 18.3. The summed E-state index contributed by atoms with van der Waals surface area (Å²) in [6, 6.07) is 8.38. The molecule has 0 aliphatic heterocycles. The molecule has 176 valence electrons. The monoisotopic (exact) mass is 494 g/mol. The number of sulfonamides is 2. The normalized spacial score (nSPS) is 14.4. The smallest absolute Gasteiger partial charge is 0.255 e. The fourth-order valence-corrected chi connectivity index (χ4v) is 7.01. The summed E-state index contributed by atoms with van der Waals surface area (Å²) < 4.78 is 70.5. The van der Waals surface area contributed by atoms with Crippen LogP contribution in [0.25, 0.3) is 22.3 Å². The SMILES string of the molecule is CCS(=O)(=O)N(c1cc2oc(-c3ccc(F)cc3)c(C(=O)NC)c2cc1C1CC1)S(C)(=O)=O. The van der Waals surface area contributed by atoms with Crippen molar-refractivity contribution in [2.24, 2.45) is 0 Å². The molecule has 1 aliphatic carbocycles. The number of nitrogens with one attached hydrogen (secondary N) is 1. The molecule has 4 rings (SSSR count). The number of fused-ring (bicyclic) bond motifs is 1. The predicted molar refractivity (Wildman–Crippen MR) is 124 cm³/mol. The number of nitrogens with zero attached hydrogens (tertiary/aromatic N) is 1. The Hall–Kier alpha value is -2.92. The van der Waals surface area contributed by atoms with Gasteiger partial charge in [-0.1, -0.05) is 0 Å². The van der Waals surface area contributed by atoms with Gasteiger partial charge in [-0.3, -0.25) is 4.79 Å². The summed E-state index contributed by atoms with van der Waals surface area (Å²) in [5.74, 6) is -1.17. The molecule has 33 heavy (non-hydrogen) atoms. The summed E-state index contributed by atoms with van der Waals surface area (Å²) in [5.41, 5.74) is 1.31. The Balaban J connectivity index is 2.06. The number of carbonyl (C=O) groups is 1. The lowest BCUT2D eigenvalue weighted by Gasteiger charge is -2.24. The molecule has 0 unspecified atom stereocenters. The number of halogens is 1. The van der Waals surface area contributed by atoms with Crippen LogP contribution >= 0.6 is 0 Å². The first-order valence-electron chi connectivity index (χ1n) is 10.3. The van der Waals surface area contributed by atoms with Crippen LogP contribution in [-0.4, -0.2) is 41.8 Å². The van der Waals surface area contributed by atoms with Crippen LogP contribution in [0.3, 0.4) is 0 Å². The van der Waals surface area contributed by atoms with Gasteiger partial charge < -0.3 is 9.73 Å². The Bertz CT molecular complexity index is 1460. The maximum atomic E-state index is 13.5. The molecule has 0 saturated heterocycles. The van der Waals surface area contributed by atoms with Gasteiger partial charge >= 0.3 is 0 Å². The van der Waals surface area contributed by atoms with E-state index in [1.807, 2.05) is 0 Å². The fourth-order valence-electron chi connectivity index (χ4n) is 3.84. The quantitative estimate of drug-likeness (QED) is 0.537. The predicted octanol–water partition coefficient (Wildman–Crippen LogP) is 3.59. The summed E-state index contributed by atoms with van der Waals surface area (Å²) in [6.45, 7) is 1.37. The van der Waals surface area contributed by atoms with E-state index < -0.39 is 37.5 Å². The molecule has 1 fully saturated rings. The van der Waals surface area contributed by atoms with Crippen LogP contribution in [-0.2, 0) is 20.0 Å². The number of benzene rings is 2. The molecular weight excluding hydrogens is 471 g/mol. The first kappa shape index (κ1) is 23.2. The van der Waals surface area contributed by atoms with Gasteiger partial charge in [0.05, 0.1) is 23.3 Å². The molecule has 1 N–H and O–H groups in total. The fraction of sp³-hybridized carbons (Fsp3) is 0.318. The number of anilines is 1. The Labute approximate surface area is 191 Å². The maximum Gasteiger partial charge on any atom is 0.255 e.